The molecule has 0 spiro atoms. The van der Waals surface area contributed by atoms with Gasteiger partial charge in [0.1, 0.15) is 5.75 Å². The first-order chi connectivity index (χ1) is 15.4. The van der Waals surface area contributed by atoms with E-state index in [-0.39, 0.29) is 18.2 Å². The summed E-state index contributed by atoms with van der Waals surface area (Å²) in [5.41, 5.74) is 5.08. The highest BCUT2D eigenvalue weighted by molar-refractivity contribution is 5.79. The third kappa shape index (κ3) is 6.20. The van der Waals surface area contributed by atoms with Crippen LogP contribution in [-0.4, -0.2) is 35.2 Å². The Morgan fingerprint density at radius 3 is 2.31 bits per heavy atom. The topological polar surface area (TPSA) is 85.2 Å². The SMILES string of the molecule is COc1ccc(C(CC(=O)NCCc2ccc(-n3nc(C)cc3C)cc2)NC(C)=O)cc1. The Hall–Kier alpha value is -3.61. The van der Waals surface area contributed by atoms with Crippen LogP contribution in [0.3, 0.4) is 0 Å². The summed E-state index contributed by atoms with van der Waals surface area (Å²) in [6.07, 6.45) is 0.888. The highest BCUT2D eigenvalue weighted by Crippen LogP contribution is 2.20. The number of aryl methyl sites for hydroxylation is 2. The van der Waals surface area contributed by atoms with Crippen LogP contribution in [0.2, 0.25) is 0 Å². The molecule has 1 atom stereocenters. The summed E-state index contributed by atoms with van der Waals surface area (Å²) in [7, 11) is 1.60. The maximum atomic E-state index is 12.5. The molecule has 2 amide bonds. The van der Waals surface area contributed by atoms with Crippen LogP contribution < -0.4 is 15.4 Å². The van der Waals surface area contributed by atoms with Crippen molar-refractivity contribution in [2.75, 3.05) is 13.7 Å². The van der Waals surface area contributed by atoms with Crippen LogP contribution in [0.4, 0.5) is 0 Å². The van der Waals surface area contributed by atoms with E-state index in [1.54, 1.807) is 7.11 Å². The second-order valence-electron chi connectivity index (χ2n) is 7.84. The lowest BCUT2D eigenvalue weighted by molar-refractivity contribution is -0.122. The van der Waals surface area contributed by atoms with Crippen molar-refractivity contribution in [3.05, 3.63) is 77.1 Å². The highest BCUT2D eigenvalue weighted by Gasteiger charge is 2.17. The summed E-state index contributed by atoms with van der Waals surface area (Å²) in [6, 6.07) is 17.2. The van der Waals surface area contributed by atoms with Crippen LogP contribution in [0.1, 0.15) is 41.9 Å². The molecule has 3 rings (SSSR count). The zero-order chi connectivity index (χ0) is 23.1. The lowest BCUT2D eigenvalue weighted by Crippen LogP contribution is -2.33. The minimum absolute atomic E-state index is 0.112. The van der Waals surface area contributed by atoms with Crippen molar-refractivity contribution >= 4 is 11.8 Å². The number of ether oxygens (including phenoxy) is 1. The first-order valence-electron chi connectivity index (χ1n) is 10.7. The second kappa shape index (κ2) is 10.6. The molecule has 0 saturated heterocycles. The third-order valence-corrected chi connectivity index (χ3v) is 5.21. The molecule has 2 aromatic carbocycles. The van der Waals surface area contributed by atoms with Gasteiger partial charge in [0.25, 0.3) is 0 Å². The fourth-order valence-electron chi connectivity index (χ4n) is 3.63. The molecular weight excluding hydrogens is 404 g/mol. The molecule has 0 aliphatic rings. The monoisotopic (exact) mass is 434 g/mol. The minimum Gasteiger partial charge on any atom is -0.497 e. The molecule has 0 saturated carbocycles. The van der Waals surface area contributed by atoms with Gasteiger partial charge in [-0.1, -0.05) is 24.3 Å². The average molecular weight is 435 g/mol. The molecule has 0 bridgehead atoms. The van der Waals surface area contributed by atoms with Crippen LogP contribution in [-0.2, 0) is 16.0 Å². The summed E-state index contributed by atoms with van der Waals surface area (Å²) in [5.74, 6) is 0.434. The number of rotatable bonds is 9. The Morgan fingerprint density at radius 1 is 1.06 bits per heavy atom. The summed E-state index contributed by atoms with van der Waals surface area (Å²) < 4.78 is 7.09. The van der Waals surface area contributed by atoms with Gasteiger partial charge in [-0.25, -0.2) is 4.68 Å². The zero-order valence-electron chi connectivity index (χ0n) is 19.0. The number of amides is 2. The van der Waals surface area contributed by atoms with Gasteiger partial charge < -0.3 is 15.4 Å². The quantitative estimate of drug-likeness (QED) is 0.540. The summed E-state index contributed by atoms with van der Waals surface area (Å²) in [6.45, 7) is 5.98. The number of aromatic nitrogens is 2. The number of nitrogens with one attached hydrogen (secondary N) is 2. The van der Waals surface area contributed by atoms with E-state index in [1.165, 1.54) is 6.92 Å². The normalized spacial score (nSPS) is 11.6. The van der Waals surface area contributed by atoms with Crippen molar-refractivity contribution in [1.29, 1.82) is 0 Å². The minimum atomic E-state index is -0.390. The molecule has 1 aromatic heterocycles. The van der Waals surface area contributed by atoms with E-state index in [9.17, 15) is 9.59 Å². The maximum absolute atomic E-state index is 12.5. The molecule has 0 aliphatic carbocycles. The average Bonchev–Trinajstić information content (AvgIpc) is 3.11. The first kappa shape index (κ1) is 23.1. The lowest BCUT2D eigenvalue weighted by atomic mass is 10.0. The predicted octanol–water partition coefficient (Wildman–Crippen LogP) is 3.42. The number of hydrogen-bond acceptors (Lipinski definition) is 4. The van der Waals surface area contributed by atoms with Crippen molar-refractivity contribution in [3.63, 3.8) is 0 Å². The summed E-state index contributed by atoms with van der Waals surface area (Å²) in [4.78, 5) is 24.1. The lowest BCUT2D eigenvalue weighted by Gasteiger charge is -2.18. The van der Waals surface area contributed by atoms with Crippen molar-refractivity contribution in [1.82, 2.24) is 20.4 Å². The molecular formula is C25H30N4O3. The molecule has 1 heterocycles. The van der Waals surface area contributed by atoms with E-state index >= 15 is 0 Å². The Kier molecular flexibility index (Phi) is 7.65. The third-order valence-electron chi connectivity index (χ3n) is 5.21. The van der Waals surface area contributed by atoms with E-state index in [4.69, 9.17) is 4.74 Å². The Labute approximate surface area is 188 Å². The fraction of sp³-hybridized carbons (Fsp3) is 0.320. The van der Waals surface area contributed by atoms with Gasteiger partial charge in [0.15, 0.2) is 0 Å². The second-order valence-corrected chi connectivity index (χ2v) is 7.84. The van der Waals surface area contributed by atoms with Gasteiger partial charge in [-0.2, -0.15) is 5.10 Å². The molecule has 3 aromatic rings. The number of carbonyl (C=O) groups excluding carboxylic acids is 2. The van der Waals surface area contributed by atoms with Gasteiger partial charge >= 0.3 is 0 Å². The van der Waals surface area contributed by atoms with Crippen LogP contribution in [0, 0.1) is 13.8 Å². The Balaban J connectivity index is 1.53. The molecule has 1 unspecified atom stereocenters. The summed E-state index contributed by atoms with van der Waals surface area (Å²) >= 11 is 0. The molecule has 0 fully saturated rings. The van der Waals surface area contributed by atoms with Gasteiger partial charge in [-0.3, -0.25) is 9.59 Å². The first-order valence-corrected chi connectivity index (χ1v) is 10.7. The van der Waals surface area contributed by atoms with Gasteiger partial charge in [-0.15, -0.1) is 0 Å². The molecule has 168 valence electrons. The van der Waals surface area contributed by atoms with Gasteiger partial charge in [0.05, 0.1) is 31.0 Å². The van der Waals surface area contributed by atoms with Gasteiger partial charge in [-0.05, 0) is 61.7 Å². The van der Waals surface area contributed by atoms with Crippen molar-refractivity contribution in [2.45, 2.75) is 39.7 Å². The van der Waals surface area contributed by atoms with Crippen LogP contribution in [0.15, 0.2) is 54.6 Å². The standard InChI is InChI=1S/C25H30N4O3/c1-17-15-18(2)29(28-17)22-9-5-20(6-10-22)13-14-26-25(31)16-24(27-19(3)30)21-7-11-23(32-4)12-8-21/h5-12,15,24H,13-14,16H2,1-4H3,(H,26,31)(H,27,30). The van der Waals surface area contributed by atoms with Crippen LogP contribution in [0.5, 0.6) is 5.75 Å². The van der Waals surface area contributed by atoms with E-state index in [1.807, 2.05) is 61.0 Å². The van der Waals surface area contributed by atoms with Crippen molar-refractivity contribution in [2.24, 2.45) is 0 Å². The van der Waals surface area contributed by atoms with Crippen molar-refractivity contribution < 1.29 is 14.3 Å². The van der Waals surface area contributed by atoms with Crippen molar-refractivity contribution in [3.8, 4) is 11.4 Å². The van der Waals surface area contributed by atoms with Crippen LogP contribution >= 0.6 is 0 Å². The smallest absolute Gasteiger partial charge is 0.222 e. The molecule has 7 heteroatoms. The highest BCUT2D eigenvalue weighted by atomic mass is 16.5. The van der Waals surface area contributed by atoms with Crippen LogP contribution in [0.25, 0.3) is 5.69 Å². The zero-order valence-corrected chi connectivity index (χ0v) is 19.0. The number of nitrogens with zero attached hydrogens (tertiary/aromatic N) is 2. The maximum Gasteiger partial charge on any atom is 0.222 e. The van der Waals surface area contributed by atoms with Gasteiger partial charge in [0, 0.05) is 19.2 Å². The van der Waals surface area contributed by atoms with E-state index in [0.717, 1.165) is 40.4 Å². The number of carbonyl (C=O) groups is 2. The van der Waals surface area contributed by atoms with E-state index in [0.29, 0.717) is 6.54 Å². The number of methoxy groups -OCH3 is 1. The summed E-state index contributed by atoms with van der Waals surface area (Å²) in [5, 5.41) is 10.3. The van der Waals surface area contributed by atoms with E-state index in [2.05, 4.69) is 27.9 Å². The molecule has 0 radical (unpaired) electrons. The fourth-order valence-corrected chi connectivity index (χ4v) is 3.63. The molecule has 7 nitrogen and oxygen atoms in total. The Morgan fingerprint density at radius 2 is 1.75 bits per heavy atom. The Bertz CT molecular complexity index is 1060. The number of hydrogen-bond donors (Lipinski definition) is 2. The van der Waals surface area contributed by atoms with E-state index < -0.39 is 6.04 Å². The predicted molar refractivity (Wildman–Crippen MR) is 124 cm³/mol. The molecule has 2 N–H and O–H groups in total. The molecule has 0 aliphatic heterocycles. The molecule has 32 heavy (non-hydrogen) atoms. The largest absolute Gasteiger partial charge is 0.497 e. The number of benzene rings is 2. The van der Waals surface area contributed by atoms with Gasteiger partial charge in [0.2, 0.25) is 11.8 Å².